The minimum Gasteiger partial charge on any atom is -0.481 e. The molecule has 0 bridgehead atoms. The van der Waals surface area contributed by atoms with Gasteiger partial charge in [-0.05, 0) is 115 Å². The summed E-state index contributed by atoms with van der Waals surface area (Å²) in [6.45, 7) is 19.1. The predicted octanol–water partition coefficient (Wildman–Crippen LogP) is 8.58. The Kier molecular flexibility index (Phi) is 6.56. The summed E-state index contributed by atoms with van der Waals surface area (Å²) >= 11 is 0. The van der Waals surface area contributed by atoms with Crippen LogP contribution >= 0.6 is 0 Å². The first kappa shape index (κ1) is 28.2. The molecule has 4 fully saturated rings. The van der Waals surface area contributed by atoms with Gasteiger partial charge in [0.1, 0.15) is 6.10 Å². The maximum Gasteiger partial charge on any atom is 0.310 e. The number of ether oxygens (including phenoxy) is 1. The van der Waals surface area contributed by atoms with Crippen molar-refractivity contribution < 1.29 is 19.4 Å². The summed E-state index contributed by atoms with van der Waals surface area (Å²) in [5.41, 5.74) is 1.47. The van der Waals surface area contributed by atoms with E-state index in [-0.39, 0.29) is 45.1 Å². The molecule has 0 radical (unpaired) electrons. The van der Waals surface area contributed by atoms with E-state index in [1.54, 1.807) is 0 Å². The van der Waals surface area contributed by atoms with E-state index < -0.39 is 11.4 Å². The van der Waals surface area contributed by atoms with Crippen molar-refractivity contribution in [2.45, 2.75) is 139 Å². The van der Waals surface area contributed by atoms with Gasteiger partial charge >= 0.3 is 11.9 Å². The molecule has 214 valence electrons. The van der Waals surface area contributed by atoms with Gasteiger partial charge in [0.25, 0.3) is 0 Å². The number of carbonyl (C=O) groups is 2. The third kappa shape index (κ3) is 3.88. The van der Waals surface area contributed by atoms with Crippen LogP contribution in [0.2, 0.25) is 0 Å². The van der Waals surface area contributed by atoms with E-state index in [0.717, 1.165) is 57.8 Å². The van der Waals surface area contributed by atoms with Gasteiger partial charge in [0, 0.05) is 6.42 Å². The van der Waals surface area contributed by atoms with Crippen LogP contribution < -0.4 is 0 Å². The van der Waals surface area contributed by atoms with Crippen LogP contribution in [0.15, 0.2) is 11.6 Å². The molecule has 0 amide bonds. The molecule has 4 heteroatoms. The van der Waals surface area contributed by atoms with Crippen LogP contribution in [0.1, 0.15) is 132 Å². The lowest BCUT2D eigenvalue weighted by molar-refractivity contribution is -0.207. The number of hydrogen-bond donors (Lipinski definition) is 1. The number of esters is 1. The average Bonchev–Trinajstić information content (AvgIpc) is 2.78. The van der Waals surface area contributed by atoms with Crippen LogP contribution in [-0.2, 0) is 14.3 Å². The molecule has 0 aromatic carbocycles. The van der Waals surface area contributed by atoms with E-state index >= 15 is 0 Å². The fraction of sp³-hybridized carbons (Fsp3) is 0.882. The summed E-state index contributed by atoms with van der Waals surface area (Å²) in [4.78, 5) is 25.4. The Hall–Kier alpha value is -1.32. The molecule has 0 heterocycles. The van der Waals surface area contributed by atoms with Crippen molar-refractivity contribution in [2.24, 2.45) is 50.2 Å². The molecule has 4 nitrogen and oxygen atoms in total. The maximum absolute atomic E-state index is 12.9. The Morgan fingerprint density at radius 3 is 2.26 bits per heavy atom. The largest absolute Gasteiger partial charge is 0.481 e. The summed E-state index contributed by atoms with van der Waals surface area (Å²) in [6, 6.07) is 0. The van der Waals surface area contributed by atoms with Gasteiger partial charge in [0.15, 0.2) is 0 Å². The highest BCUT2D eigenvalue weighted by atomic mass is 16.5. The molecule has 8 atom stereocenters. The molecule has 4 saturated carbocycles. The molecule has 3 unspecified atom stereocenters. The van der Waals surface area contributed by atoms with Crippen molar-refractivity contribution in [1.82, 2.24) is 0 Å². The normalized spacial score (nSPS) is 46.9. The van der Waals surface area contributed by atoms with Crippen LogP contribution in [0, 0.1) is 50.2 Å². The molecular weight excluding hydrogens is 472 g/mol. The number of carbonyl (C=O) groups excluding carboxylic acids is 1. The van der Waals surface area contributed by atoms with Gasteiger partial charge in [-0.2, -0.15) is 0 Å². The van der Waals surface area contributed by atoms with Gasteiger partial charge in [-0.25, -0.2) is 0 Å². The maximum atomic E-state index is 12.9. The number of aliphatic carboxylic acids is 1. The average molecular weight is 527 g/mol. The second-order valence-corrected chi connectivity index (χ2v) is 16.4. The lowest BCUT2D eigenvalue weighted by atomic mass is 9.33. The number of carboxylic acid groups (broad SMARTS) is 1. The lowest BCUT2D eigenvalue weighted by Crippen LogP contribution is -2.64. The number of hydrogen-bond acceptors (Lipinski definition) is 3. The Morgan fingerprint density at radius 2 is 1.61 bits per heavy atom. The van der Waals surface area contributed by atoms with Crippen molar-refractivity contribution in [2.75, 3.05) is 0 Å². The second-order valence-electron chi connectivity index (χ2n) is 16.4. The minimum absolute atomic E-state index is 0.00371. The first-order valence-corrected chi connectivity index (χ1v) is 15.7. The van der Waals surface area contributed by atoms with Crippen molar-refractivity contribution in [1.29, 1.82) is 0 Å². The van der Waals surface area contributed by atoms with Crippen molar-refractivity contribution in [3.63, 3.8) is 0 Å². The summed E-state index contributed by atoms with van der Waals surface area (Å²) in [7, 11) is 0. The van der Waals surface area contributed by atoms with E-state index in [0.29, 0.717) is 18.3 Å². The summed E-state index contributed by atoms with van der Waals surface area (Å²) < 4.78 is 6.14. The molecule has 38 heavy (non-hydrogen) atoms. The first-order valence-electron chi connectivity index (χ1n) is 15.7. The molecule has 5 rings (SSSR count). The van der Waals surface area contributed by atoms with Gasteiger partial charge in [0.2, 0.25) is 0 Å². The van der Waals surface area contributed by atoms with Crippen LogP contribution in [0.3, 0.4) is 0 Å². The summed E-state index contributed by atoms with van der Waals surface area (Å²) in [5, 5.41) is 10.6. The van der Waals surface area contributed by atoms with E-state index in [1.165, 1.54) is 18.4 Å². The smallest absolute Gasteiger partial charge is 0.310 e. The van der Waals surface area contributed by atoms with Crippen LogP contribution in [-0.4, -0.2) is 23.1 Å². The highest BCUT2D eigenvalue weighted by molar-refractivity contribution is 5.76. The van der Waals surface area contributed by atoms with E-state index in [2.05, 4.69) is 54.5 Å². The number of rotatable bonds is 4. The Morgan fingerprint density at radius 1 is 0.921 bits per heavy atom. The third-order valence-electron chi connectivity index (χ3n) is 13.4. The lowest BCUT2D eigenvalue weighted by Gasteiger charge is -2.71. The first-order chi connectivity index (χ1) is 17.5. The number of allylic oxidation sites excluding steroid dienone is 2. The summed E-state index contributed by atoms with van der Waals surface area (Å²) in [6.07, 6.45) is 13.9. The predicted molar refractivity (Wildman–Crippen MR) is 151 cm³/mol. The van der Waals surface area contributed by atoms with Gasteiger partial charge in [-0.15, -0.1) is 0 Å². The van der Waals surface area contributed by atoms with E-state index in [4.69, 9.17) is 4.74 Å². The second kappa shape index (κ2) is 8.84. The van der Waals surface area contributed by atoms with E-state index in [9.17, 15) is 14.7 Å². The summed E-state index contributed by atoms with van der Waals surface area (Å²) in [5.74, 6) is 0.682. The zero-order valence-corrected chi connectivity index (χ0v) is 25.5. The van der Waals surface area contributed by atoms with Crippen molar-refractivity contribution in [3.05, 3.63) is 11.6 Å². The number of fused-ring (bicyclic) bond motifs is 7. The van der Waals surface area contributed by atoms with Crippen LogP contribution in [0.5, 0.6) is 0 Å². The Balaban J connectivity index is 1.54. The van der Waals surface area contributed by atoms with Gasteiger partial charge in [-0.3, -0.25) is 9.59 Å². The van der Waals surface area contributed by atoms with Gasteiger partial charge < -0.3 is 9.84 Å². The Labute approximate surface area is 231 Å². The zero-order valence-electron chi connectivity index (χ0n) is 25.5. The van der Waals surface area contributed by atoms with Crippen molar-refractivity contribution >= 4 is 11.9 Å². The highest BCUT2D eigenvalue weighted by Gasteiger charge is 2.69. The highest BCUT2D eigenvalue weighted by Crippen LogP contribution is 2.75. The monoisotopic (exact) mass is 526 g/mol. The molecule has 5 aliphatic carbocycles. The standard InChI is InChI=1S/C34H54O4/c1-9-10-27(35)38-22-19-30(4,5)25-13-14-33(8)26(31(25,6)20-22)12-11-23-24-21-29(2,3)15-17-34(24,28(36)37)18-16-32(23,33)7/h11,22,24-26H,9-10,12-21H2,1-8H3,(H,36,37)/t22-,24?,25?,26?,31+,32-,33-,34+/m1/s1. The third-order valence-corrected chi connectivity index (χ3v) is 13.4. The van der Waals surface area contributed by atoms with Crippen molar-refractivity contribution in [3.8, 4) is 0 Å². The van der Waals surface area contributed by atoms with Gasteiger partial charge in [-0.1, -0.05) is 67.0 Å². The Bertz CT molecular complexity index is 1020. The number of carboxylic acids is 1. The fourth-order valence-corrected chi connectivity index (χ4v) is 11.4. The molecule has 0 aliphatic heterocycles. The van der Waals surface area contributed by atoms with E-state index in [1.807, 2.05) is 6.92 Å². The quantitative estimate of drug-likeness (QED) is 0.294. The minimum atomic E-state index is -0.587. The molecule has 5 aliphatic rings. The van der Waals surface area contributed by atoms with Gasteiger partial charge in [0.05, 0.1) is 5.41 Å². The SMILES string of the molecule is CCCC(=O)O[C@@H]1CC(C)(C)C2CC[C@]3(C)C(CC=C4C5CC(C)(C)CC[C@]5(C(=O)O)CC[C@]43C)[C@@]2(C)C1. The molecular formula is C34H54O4. The van der Waals surface area contributed by atoms with Crippen LogP contribution in [0.4, 0.5) is 0 Å². The molecule has 0 aromatic heterocycles. The molecule has 0 spiro atoms. The molecule has 0 saturated heterocycles. The topological polar surface area (TPSA) is 63.6 Å². The molecule has 0 aromatic rings. The fourth-order valence-electron chi connectivity index (χ4n) is 11.4. The van der Waals surface area contributed by atoms with Crippen LogP contribution in [0.25, 0.3) is 0 Å². The zero-order chi connectivity index (χ0) is 27.9. The molecule has 1 N–H and O–H groups in total.